The van der Waals surface area contributed by atoms with Gasteiger partial charge in [0.05, 0.1) is 3.57 Å². The first kappa shape index (κ1) is 9.51. The molecule has 1 aromatic rings. The zero-order valence-electron chi connectivity index (χ0n) is 7.14. The van der Waals surface area contributed by atoms with Gasteiger partial charge in [0.1, 0.15) is 5.75 Å². The van der Waals surface area contributed by atoms with Gasteiger partial charge >= 0.3 is 5.97 Å². The van der Waals surface area contributed by atoms with Crippen molar-refractivity contribution in [1.29, 1.82) is 0 Å². The van der Waals surface area contributed by atoms with Gasteiger partial charge in [-0.2, -0.15) is 0 Å². The number of rotatable bonds is 2. The molecule has 72 valence electrons. The van der Waals surface area contributed by atoms with E-state index in [1.165, 1.54) is 6.08 Å². The number of benzene rings is 1. The van der Waals surface area contributed by atoms with Crippen LogP contribution in [0.4, 0.5) is 0 Å². The number of hydrogen-bond donors (Lipinski definition) is 0. The van der Waals surface area contributed by atoms with E-state index < -0.39 is 6.29 Å². The summed E-state index contributed by atoms with van der Waals surface area (Å²) >= 11 is 2.16. The summed E-state index contributed by atoms with van der Waals surface area (Å²) in [6, 6.07) is 7.56. The van der Waals surface area contributed by atoms with Gasteiger partial charge in [-0.1, -0.05) is 12.1 Å². The topological polar surface area (TPSA) is 35.5 Å². The quantitative estimate of drug-likeness (QED) is 0.620. The molecular formula is C10H7IO3. The fraction of sp³-hybridized carbons (Fsp3) is 0.100. The number of halogens is 1. The number of cyclic esters (lactones) is 1. The lowest BCUT2D eigenvalue weighted by Crippen LogP contribution is -2.15. The van der Waals surface area contributed by atoms with Crippen LogP contribution in [0.15, 0.2) is 36.4 Å². The fourth-order valence-corrected chi connectivity index (χ4v) is 1.59. The number of ether oxygens (including phenoxy) is 2. The van der Waals surface area contributed by atoms with Crippen molar-refractivity contribution in [2.24, 2.45) is 0 Å². The summed E-state index contributed by atoms with van der Waals surface area (Å²) in [4.78, 5) is 10.7. The van der Waals surface area contributed by atoms with E-state index in [0.29, 0.717) is 0 Å². The van der Waals surface area contributed by atoms with Crippen molar-refractivity contribution in [2.75, 3.05) is 0 Å². The normalized spacial score (nSPS) is 19.5. The molecule has 0 saturated carbocycles. The molecule has 0 N–H and O–H groups in total. The Morgan fingerprint density at radius 1 is 1.36 bits per heavy atom. The number of para-hydroxylation sites is 1. The molecular weight excluding hydrogens is 295 g/mol. The first-order chi connectivity index (χ1) is 6.75. The predicted octanol–water partition coefficient (Wildman–Crippen LogP) is 2.11. The van der Waals surface area contributed by atoms with Crippen molar-refractivity contribution < 1.29 is 14.3 Å². The molecule has 1 atom stereocenters. The van der Waals surface area contributed by atoms with Gasteiger partial charge in [0, 0.05) is 12.2 Å². The standard InChI is InChI=1S/C10H7IO3/c11-7-3-1-2-4-8(7)13-10-6-5-9(12)14-10/h1-6,10H. The van der Waals surface area contributed by atoms with Crippen molar-refractivity contribution >= 4 is 28.6 Å². The minimum Gasteiger partial charge on any atom is -0.450 e. The third-order valence-electron chi connectivity index (χ3n) is 1.70. The predicted molar refractivity (Wildman–Crippen MR) is 58.8 cm³/mol. The Labute approximate surface area is 94.8 Å². The third-order valence-corrected chi connectivity index (χ3v) is 2.59. The van der Waals surface area contributed by atoms with Gasteiger partial charge in [-0.05, 0) is 34.7 Å². The zero-order chi connectivity index (χ0) is 9.97. The molecule has 14 heavy (non-hydrogen) atoms. The maximum Gasteiger partial charge on any atom is 0.334 e. The highest BCUT2D eigenvalue weighted by atomic mass is 127. The lowest BCUT2D eigenvalue weighted by molar-refractivity contribution is -0.147. The van der Waals surface area contributed by atoms with E-state index in [0.717, 1.165) is 9.32 Å². The van der Waals surface area contributed by atoms with E-state index in [1.54, 1.807) is 6.08 Å². The summed E-state index contributed by atoms with van der Waals surface area (Å²) in [6.07, 6.45) is 2.37. The smallest absolute Gasteiger partial charge is 0.334 e. The van der Waals surface area contributed by atoms with Gasteiger partial charge < -0.3 is 9.47 Å². The van der Waals surface area contributed by atoms with Crippen LogP contribution in [-0.2, 0) is 9.53 Å². The van der Waals surface area contributed by atoms with Crippen LogP contribution < -0.4 is 4.74 Å². The molecule has 0 aliphatic carbocycles. The number of carbonyl (C=O) groups is 1. The van der Waals surface area contributed by atoms with Gasteiger partial charge in [-0.15, -0.1) is 0 Å². The summed E-state index contributed by atoms with van der Waals surface area (Å²) in [5.41, 5.74) is 0. The summed E-state index contributed by atoms with van der Waals surface area (Å²) in [6.45, 7) is 0. The zero-order valence-corrected chi connectivity index (χ0v) is 9.30. The van der Waals surface area contributed by atoms with E-state index >= 15 is 0 Å². The maximum absolute atomic E-state index is 10.7. The van der Waals surface area contributed by atoms with E-state index in [-0.39, 0.29) is 5.97 Å². The van der Waals surface area contributed by atoms with Crippen LogP contribution >= 0.6 is 22.6 Å². The molecule has 0 radical (unpaired) electrons. The Morgan fingerprint density at radius 3 is 2.79 bits per heavy atom. The van der Waals surface area contributed by atoms with Gasteiger partial charge in [0.2, 0.25) is 0 Å². The fourth-order valence-electron chi connectivity index (χ4n) is 1.08. The van der Waals surface area contributed by atoms with Crippen molar-refractivity contribution in [3.8, 4) is 5.75 Å². The van der Waals surface area contributed by atoms with E-state index in [2.05, 4.69) is 22.6 Å². The Kier molecular flexibility index (Phi) is 2.72. The van der Waals surface area contributed by atoms with E-state index in [4.69, 9.17) is 9.47 Å². The van der Waals surface area contributed by atoms with Gasteiger partial charge in [-0.3, -0.25) is 0 Å². The van der Waals surface area contributed by atoms with Crippen LogP contribution in [0.25, 0.3) is 0 Å². The van der Waals surface area contributed by atoms with Crippen LogP contribution in [0.2, 0.25) is 0 Å². The number of carbonyl (C=O) groups excluding carboxylic acids is 1. The van der Waals surface area contributed by atoms with Gasteiger partial charge in [0.15, 0.2) is 0 Å². The monoisotopic (exact) mass is 302 g/mol. The molecule has 0 saturated heterocycles. The second-order valence-electron chi connectivity index (χ2n) is 2.71. The number of esters is 1. The molecule has 0 bridgehead atoms. The van der Waals surface area contributed by atoms with E-state index in [1.807, 2.05) is 24.3 Å². The maximum atomic E-state index is 10.7. The molecule has 2 rings (SSSR count). The highest BCUT2D eigenvalue weighted by Gasteiger charge is 2.18. The number of hydrogen-bond acceptors (Lipinski definition) is 3. The molecule has 1 heterocycles. The molecule has 3 nitrogen and oxygen atoms in total. The Balaban J connectivity index is 2.08. The summed E-state index contributed by atoms with van der Waals surface area (Å²) in [5, 5.41) is 0. The largest absolute Gasteiger partial charge is 0.450 e. The molecule has 1 aliphatic heterocycles. The van der Waals surface area contributed by atoms with Crippen LogP contribution in [-0.4, -0.2) is 12.3 Å². The molecule has 0 aromatic heterocycles. The molecule has 1 unspecified atom stereocenters. The first-order valence-electron chi connectivity index (χ1n) is 4.06. The molecule has 0 amide bonds. The highest BCUT2D eigenvalue weighted by Crippen LogP contribution is 2.22. The average Bonchev–Trinajstić information content (AvgIpc) is 2.56. The Morgan fingerprint density at radius 2 is 2.14 bits per heavy atom. The van der Waals surface area contributed by atoms with Crippen LogP contribution in [0, 0.1) is 3.57 Å². The molecule has 1 aromatic carbocycles. The second kappa shape index (κ2) is 4.00. The lowest BCUT2D eigenvalue weighted by atomic mass is 10.3. The Bertz CT molecular complexity index is 387. The van der Waals surface area contributed by atoms with Crippen LogP contribution in [0.3, 0.4) is 0 Å². The first-order valence-corrected chi connectivity index (χ1v) is 5.13. The third kappa shape index (κ3) is 2.06. The summed E-state index contributed by atoms with van der Waals surface area (Å²) in [7, 11) is 0. The van der Waals surface area contributed by atoms with Crippen LogP contribution in [0.1, 0.15) is 0 Å². The summed E-state index contributed by atoms with van der Waals surface area (Å²) < 4.78 is 11.3. The van der Waals surface area contributed by atoms with E-state index in [9.17, 15) is 4.79 Å². The molecule has 0 spiro atoms. The summed E-state index contributed by atoms with van der Waals surface area (Å²) in [5.74, 6) is 0.360. The molecule has 0 fully saturated rings. The average molecular weight is 302 g/mol. The second-order valence-corrected chi connectivity index (χ2v) is 3.87. The molecule has 4 heteroatoms. The minimum atomic E-state index is -0.585. The van der Waals surface area contributed by atoms with Gasteiger partial charge in [0.25, 0.3) is 6.29 Å². The van der Waals surface area contributed by atoms with Crippen LogP contribution in [0.5, 0.6) is 5.75 Å². The SMILES string of the molecule is O=C1C=CC(Oc2ccccc2I)O1. The highest BCUT2D eigenvalue weighted by molar-refractivity contribution is 14.1. The molecule has 1 aliphatic rings. The minimum absolute atomic E-state index is 0.360. The van der Waals surface area contributed by atoms with Crippen molar-refractivity contribution in [2.45, 2.75) is 6.29 Å². The van der Waals surface area contributed by atoms with Gasteiger partial charge in [-0.25, -0.2) is 4.79 Å². The lowest BCUT2D eigenvalue weighted by Gasteiger charge is -2.12. The van der Waals surface area contributed by atoms with Crippen molar-refractivity contribution in [3.05, 3.63) is 40.0 Å². The van der Waals surface area contributed by atoms with Crippen molar-refractivity contribution in [3.63, 3.8) is 0 Å². The van der Waals surface area contributed by atoms with Crippen molar-refractivity contribution in [1.82, 2.24) is 0 Å². The Hall–Kier alpha value is -1.04.